The molecule has 1 aromatic heterocycles. The minimum atomic E-state index is -0.759. The van der Waals surface area contributed by atoms with Crippen LogP contribution in [0.3, 0.4) is 0 Å². The third-order valence-corrected chi connectivity index (χ3v) is 4.59. The summed E-state index contributed by atoms with van der Waals surface area (Å²) in [6, 6.07) is -0.189. The molecule has 4 nitrogen and oxygen atoms in total. The first-order valence-corrected chi connectivity index (χ1v) is 7.63. The Morgan fingerprint density at radius 3 is 2.60 bits per heavy atom. The summed E-state index contributed by atoms with van der Waals surface area (Å²) in [5, 5.41) is 14.8. The molecule has 2 unspecified atom stereocenters. The van der Waals surface area contributed by atoms with E-state index in [1.54, 1.807) is 24.9 Å². The molecule has 1 aliphatic rings. The SMILES string of the molecule is CC(C)(CF)C(O)C(CC1CCCCC1)n1cncn1. The standard InChI is InChI=1S/C15H26FN3O/c1-15(2,9-16)14(20)13(19-11-17-10-18-19)8-12-6-4-3-5-7-12/h10-14,20H,3-9H2,1-2H3. The van der Waals surface area contributed by atoms with E-state index in [0.717, 1.165) is 6.42 Å². The third-order valence-electron chi connectivity index (χ3n) is 4.59. The van der Waals surface area contributed by atoms with E-state index in [9.17, 15) is 9.50 Å². The Morgan fingerprint density at radius 1 is 1.35 bits per heavy atom. The quantitative estimate of drug-likeness (QED) is 0.872. The van der Waals surface area contributed by atoms with Crippen molar-refractivity contribution in [3.05, 3.63) is 12.7 Å². The number of aromatic nitrogens is 3. The van der Waals surface area contributed by atoms with Crippen LogP contribution in [0, 0.1) is 11.3 Å². The summed E-state index contributed by atoms with van der Waals surface area (Å²) in [4.78, 5) is 3.97. The largest absolute Gasteiger partial charge is 0.390 e. The van der Waals surface area contributed by atoms with Gasteiger partial charge in [-0.2, -0.15) is 5.10 Å². The summed E-state index contributed by atoms with van der Waals surface area (Å²) in [6.07, 6.45) is 9.44. The molecule has 0 radical (unpaired) electrons. The van der Waals surface area contributed by atoms with Gasteiger partial charge in [-0.1, -0.05) is 46.0 Å². The maximum atomic E-state index is 13.2. The number of nitrogens with zero attached hydrogens (tertiary/aromatic N) is 3. The van der Waals surface area contributed by atoms with E-state index in [1.807, 2.05) is 0 Å². The highest BCUT2D eigenvalue weighted by molar-refractivity contribution is 4.88. The highest BCUT2D eigenvalue weighted by atomic mass is 19.1. The molecule has 0 spiro atoms. The summed E-state index contributed by atoms with van der Waals surface area (Å²) < 4.78 is 14.9. The number of halogens is 1. The van der Waals surface area contributed by atoms with Gasteiger partial charge in [0, 0.05) is 5.41 Å². The van der Waals surface area contributed by atoms with Gasteiger partial charge in [0.25, 0.3) is 0 Å². The highest BCUT2D eigenvalue weighted by Gasteiger charge is 2.37. The number of alkyl halides is 1. The van der Waals surface area contributed by atoms with Gasteiger partial charge >= 0.3 is 0 Å². The molecular formula is C15H26FN3O. The smallest absolute Gasteiger partial charge is 0.137 e. The number of hydrogen-bond donors (Lipinski definition) is 1. The second-order valence-corrected chi connectivity index (χ2v) is 6.75. The van der Waals surface area contributed by atoms with Crippen LogP contribution in [0.1, 0.15) is 58.4 Å². The minimum Gasteiger partial charge on any atom is -0.390 e. The van der Waals surface area contributed by atoms with Crippen LogP contribution in [0.4, 0.5) is 4.39 Å². The van der Waals surface area contributed by atoms with Gasteiger partial charge < -0.3 is 5.11 Å². The fourth-order valence-electron chi connectivity index (χ4n) is 3.13. The molecule has 114 valence electrons. The first-order valence-electron chi connectivity index (χ1n) is 7.63. The summed E-state index contributed by atoms with van der Waals surface area (Å²) in [7, 11) is 0. The van der Waals surface area contributed by atoms with Crippen LogP contribution >= 0.6 is 0 Å². The molecule has 1 N–H and O–H groups in total. The second-order valence-electron chi connectivity index (χ2n) is 6.75. The molecule has 1 heterocycles. The molecule has 0 bridgehead atoms. The summed E-state index contributed by atoms with van der Waals surface area (Å²) in [5.74, 6) is 0.600. The Balaban J connectivity index is 2.12. The summed E-state index contributed by atoms with van der Waals surface area (Å²) in [5.41, 5.74) is -0.759. The molecule has 1 aliphatic carbocycles. The Labute approximate surface area is 120 Å². The molecule has 20 heavy (non-hydrogen) atoms. The third kappa shape index (κ3) is 3.57. The number of aliphatic hydroxyl groups excluding tert-OH is 1. The fourth-order valence-corrected chi connectivity index (χ4v) is 3.13. The van der Waals surface area contributed by atoms with Crippen LogP contribution in [-0.4, -0.2) is 32.6 Å². The minimum absolute atomic E-state index is 0.189. The monoisotopic (exact) mass is 283 g/mol. The van der Waals surface area contributed by atoms with Crippen molar-refractivity contribution in [1.29, 1.82) is 0 Å². The summed E-state index contributed by atoms with van der Waals surface area (Å²) >= 11 is 0. The normalized spacial score (nSPS) is 20.8. The van der Waals surface area contributed by atoms with E-state index in [2.05, 4.69) is 10.1 Å². The lowest BCUT2D eigenvalue weighted by molar-refractivity contribution is -0.0197. The maximum Gasteiger partial charge on any atom is 0.137 e. The lowest BCUT2D eigenvalue weighted by Crippen LogP contribution is -2.40. The zero-order chi connectivity index (χ0) is 14.6. The van der Waals surface area contributed by atoms with Crippen LogP contribution in [0.5, 0.6) is 0 Å². The van der Waals surface area contributed by atoms with E-state index < -0.39 is 18.2 Å². The predicted molar refractivity (Wildman–Crippen MR) is 76.0 cm³/mol. The Kier molecular flexibility index (Phi) is 5.13. The topological polar surface area (TPSA) is 50.9 Å². The lowest BCUT2D eigenvalue weighted by atomic mass is 9.78. The van der Waals surface area contributed by atoms with Crippen LogP contribution in [0.15, 0.2) is 12.7 Å². The molecular weight excluding hydrogens is 257 g/mol. The average molecular weight is 283 g/mol. The van der Waals surface area contributed by atoms with E-state index in [1.165, 1.54) is 38.4 Å². The number of rotatable bonds is 6. The zero-order valence-corrected chi connectivity index (χ0v) is 12.5. The van der Waals surface area contributed by atoms with E-state index >= 15 is 0 Å². The van der Waals surface area contributed by atoms with Crippen molar-refractivity contribution in [3.8, 4) is 0 Å². The molecule has 1 aromatic rings. The predicted octanol–water partition coefficient (Wildman–Crippen LogP) is 3.15. The number of aliphatic hydroxyl groups is 1. The molecule has 0 aliphatic heterocycles. The van der Waals surface area contributed by atoms with Gasteiger partial charge in [0.1, 0.15) is 12.7 Å². The second kappa shape index (κ2) is 6.66. The average Bonchev–Trinajstić information content (AvgIpc) is 2.99. The Morgan fingerprint density at radius 2 is 2.05 bits per heavy atom. The van der Waals surface area contributed by atoms with Crippen molar-refractivity contribution < 1.29 is 9.50 Å². The Bertz CT molecular complexity index is 388. The fraction of sp³-hybridized carbons (Fsp3) is 0.867. The van der Waals surface area contributed by atoms with E-state index in [0.29, 0.717) is 5.92 Å². The van der Waals surface area contributed by atoms with Crippen LogP contribution in [-0.2, 0) is 0 Å². The summed E-state index contributed by atoms with van der Waals surface area (Å²) in [6.45, 7) is 3.00. The van der Waals surface area contributed by atoms with Crippen molar-refractivity contribution in [1.82, 2.24) is 14.8 Å². The van der Waals surface area contributed by atoms with Crippen molar-refractivity contribution in [2.24, 2.45) is 11.3 Å². The maximum absolute atomic E-state index is 13.2. The highest BCUT2D eigenvalue weighted by Crippen LogP contribution is 2.36. The van der Waals surface area contributed by atoms with Crippen molar-refractivity contribution in [3.63, 3.8) is 0 Å². The molecule has 0 amide bonds. The van der Waals surface area contributed by atoms with Gasteiger partial charge in [0.05, 0.1) is 18.8 Å². The van der Waals surface area contributed by atoms with Crippen molar-refractivity contribution in [2.75, 3.05) is 6.67 Å². The zero-order valence-electron chi connectivity index (χ0n) is 12.5. The molecule has 1 saturated carbocycles. The van der Waals surface area contributed by atoms with Gasteiger partial charge in [0.2, 0.25) is 0 Å². The first kappa shape index (κ1) is 15.4. The van der Waals surface area contributed by atoms with Gasteiger partial charge in [-0.3, -0.25) is 4.39 Å². The lowest BCUT2D eigenvalue weighted by Gasteiger charge is -2.36. The van der Waals surface area contributed by atoms with Gasteiger partial charge in [-0.15, -0.1) is 0 Å². The molecule has 2 rings (SSSR count). The van der Waals surface area contributed by atoms with Gasteiger partial charge in [0.15, 0.2) is 0 Å². The Hall–Kier alpha value is -0.970. The molecule has 5 heteroatoms. The van der Waals surface area contributed by atoms with Gasteiger partial charge in [-0.05, 0) is 12.3 Å². The van der Waals surface area contributed by atoms with E-state index in [4.69, 9.17) is 0 Å². The molecule has 0 saturated heterocycles. The van der Waals surface area contributed by atoms with E-state index in [-0.39, 0.29) is 6.04 Å². The van der Waals surface area contributed by atoms with Crippen molar-refractivity contribution in [2.45, 2.75) is 64.5 Å². The molecule has 0 aromatic carbocycles. The van der Waals surface area contributed by atoms with Crippen LogP contribution in [0.25, 0.3) is 0 Å². The number of hydrogen-bond acceptors (Lipinski definition) is 3. The van der Waals surface area contributed by atoms with Gasteiger partial charge in [-0.25, -0.2) is 9.67 Å². The molecule has 2 atom stereocenters. The van der Waals surface area contributed by atoms with Crippen molar-refractivity contribution >= 4 is 0 Å². The van der Waals surface area contributed by atoms with Crippen LogP contribution < -0.4 is 0 Å². The first-order chi connectivity index (χ1) is 9.54. The molecule has 1 fully saturated rings. The van der Waals surface area contributed by atoms with Crippen LogP contribution in [0.2, 0.25) is 0 Å².